The van der Waals surface area contributed by atoms with Crippen LogP contribution in [0.25, 0.3) is 10.8 Å². The van der Waals surface area contributed by atoms with Crippen molar-refractivity contribution in [1.29, 1.82) is 0 Å². The van der Waals surface area contributed by atoms with E-state index in [0.29, 0.717) is 6.42 Å². The van der Waals surface area contributed by atoms with Crippen molar-refractivity contribution in [2.24, 2.45) is 5.73 Å². The SMILES string of the molecule is N[C@@H](CCNCc1cccc2ccccc12)C(=O)N1CCCCC1. The molecule has 4 nitrogen and oxygen atoms in total. The molecule has 1 amide bonds. The average molecular weight is 325 g/mol. The van der Waals surface area contributed by atoms with Gasteiger partial charge in [-0.25, -0.2) is 0 Å². The number of nitrogens with two attached hydrogens (primary N) is 1. The van der Waals surface area contributed by atoms with Crippen molar-refractivity contribution in [1.82, 2.24) is 10.2 Å². The molecule has 3 rings (SSSR count). The second-order valence-corrected chi connectivity index (χ2v) is 6.60. The summed E-state index contributed by atoms with van der Waals surface area (Å²) in [6.07, 6.45) is 4.13. The van der Waals surface area contributed by atoms with Gasteiger partial charge in [-0.05, 0) is 48.6 Å². The van der Waals surface area contributed by atoms with Crippen molar-refractivity contribution >= 4 is 16.7 Å². The predicted molar refractivity (Wildman–Crippen MR) is 98.7 cm³/mol. The topological polar surface area (TPSA) is 58.4 Å². The predicted octanol–water partition coefficient (Wildman–Crippen LogP) is 2.66. The lowest BCUT2D eigenvalue weighted by Crippen LogP contribution is -2.46. The lowest BCUT2D eigenvalue weighted by Gasteiger charge is -2.29. The number of hydrogen-bond acceptors (Lipinski definition) is 3. The van der Waals surface area contributed by atoms with E-state index in [1.807, 2.05) is 4.90 Å². The molecule has 2 aromatic rings. The quantitative estimate of drug-likeness (QED) is 0.803. The summed E-state index contributed by atoms with van der Waals surface area (Å²) in [5, 5.41) is 5.97. The molecule has 2 aromatic carbocycles. The van der Waals surface area contributed by atoms with E-state index in [-0.39, 0.29) is 11.9 Å². The minimum atomic E-state index is -0.386. The molecule has 1 saturated heterocycles. The van der Waals surface area contributed by atoms with E-state index in [2.05, 4.69) is 47.8 Å². The fourth-order valence-corrected chi connectivity index (χ4v) is 3.40. The summed E-state index contributed by atoms with van der Waals surface area (Å²) in [5.74, 6) is 0.113. The molecule has 0 saturated carbocycles. The maximum atomic E-state index is 12.3. The molecule has 4 heteroatoms. The summed E-state index contributed by atoms with van der Waals surface area (Å²) in [6.45, 7) is 3.29. The molecule has 1 heterocycles. The normalized spacial score (nSPS) is 16.3. The van der Waals surface area contributed by atoms with E-state index in [9.17, 15) is 4.79 Å². The smallest absolute Gasteiger partial charge is 0.239 e. The van der Waals surface area contributed by atoms with Crippen LogP contribution >= 0.6 is 0 Å². The number of amides is 1. The highest BCUT2D eigenvalue weighted by Gasteiger charge is 2.21. The fraction of sp³-hybridized carbons (Fsp3) is 0.450. The number of nitrogens with one attached hydrogen (secondary N) is 1. The number of carbonyl (C=O) groups is 1. The molecule has 3 N–H and O–H groups in total. The Bertz CT molecular complexity index is 674. The molecule has 0 spiro atoms. The molecule has 0 aromatic heterocycles. The van der Waals surface area contributed by atoms with Gasteiger partial charge in [0.25, 0.3) is 0 Å². The molecule has 0 bridgehead atoms. The Morgan fingerprint density at radius 3 is 2.67 bits per heavy atom. The van der Waals surface area contributed by atoms with Gasteiger partial charge in [0.1, 0.15) is 0 Å². The molecule has 0 unspecified atom stereocenters. The lowest BCUT2D eigenvalue weighted by molar-refractivity contribution is -0.133. The van der Waals surface area contributed by atoms with Gasteiger partial charge < -0.3 is 16.0 Å². The van der Waals surface area contributed by atoms with E-state index < -0.39 is 0 Å². The van der Waals surface area contributed by atoms with Crippen LogP contribution in [0.5, 0.6) is 0 Å². The number of carbonyl (C=O) groups excluding carboxylic acids is 1. The third-order valence-corrected chi connectivity index (χ3v) is 4.81. The number of nitrogens with zero attached hydrogens (tertiary/aromatic N) is 1. The molecule has 24 heavy (non-hydrogen) atoms. The first kappa shape index (κ1) is 16.9. The largest absolute Gasteiger partial charge is 0.341 e. The van der Waals surface area contributed by atoms with Crippen LogP contribution in [-0.2, 0) is 11.3 Å². The molecule has 1 aliphatic heterocycles. The molecule has 0 radical (unpaired) electrons. The maximum absolute atomic E-state index is 12.3. The van der Waals surface area contributed by atoms with Crippen molar-refractivity contribution in [3.63, 3.8) is 0 Å². The second kappa shape index (κ2) is 8.27. The van der Waals surface area contributed by atoms with Gasteiger partial charge in [0.15, 0.2) is 0 Å². The van der Waals surface area contributed by atoms with Gasteiger partial charge in [-0.2, -0.15) is 0 Å². The van der Waals surface area contributed by atoms with Gasteiger partial charge in [0.05, 0.1) is 6.04 Å². The number of benzene rings is 2. The van der Waals surface area contributed by atoms with Gasteiger partial charge >= 0.3 is 0 Å². The highest BCUT2D eigenvalue weighted by Crippen LogP contribution is 2.18. The van der Waals surface area contributed by atoms with Gasteiger partial charge in [0.2, 0.25) is 5.91 Å². The summed E-state index contributed by atoms with van der Waals surface area (Å²) < 4.78 is 0. The highest BCUT2D eigenvalue weighted by atomic mass is 16.2. The minimum absolute atomic E-state index is 0.113. The maximum Gasteiger partial charge on any atom is 0.239 e. The minimum Gasteiger partial charge on any atom is -0.341 e. The van der Waals surface area contributed by atoms with E-state index in [1.165, 1.54) is 22.8 Å². The van der Waals surface area contributed by atoms with Crippen LogP contribution in [0.4, 0.5) is 0 Å². The highest BCUT2D eigenvalue weighted by molar-refractivity contribution is 5.85. The third-order valence-electron chi connectivity index (χ3n) is 4.81. The van der Waals surface area contributed by atoms with Crippen LogP contribution in [0.15, 0.2) is 42.5 Å². The summed E-state index contributed by atoms with van der Waals surface area (Å²) in [5.41, 5.74) is 7.37. The molecular formula is C20H27N3O. The van der Waals surface area contributed by atoms with Crippen LogP contribution in [0.3, 0.4) is 0 Å². The summed E-state index contributed by atoms with van der Waals surface area (Å²) in [7, 11) is 0. The zero-order valence-corrected chi connectivity index (χ0v) is 14.2. The first-order chi connectivity index (χ1) is 11.8. The van der Waals surface area contributed by atoms with Crippen molar-refractivity contribution in [3.05, 3.63) is 48.0 Å². The second-order valence-electron chi connectivity index (χ2n) is 6.60. The van der Waals surface area contributed by atoms with Crippen LogP contribution in [-0.4, -0.2) is 36.5 Å². The zero-order chi connectivity index (χ0) is 16.8. The lowest BCUT2D eigenvalue weighted by atomic mass is 10.0. The van der Waals surface area contributed by atoms with Gasteiger partial charge in [-0.3, -0.25) is 4.79 Å². The molecule has 0 aliphatic carbocycles. The molecular weight excluding hydrogens is 298 g/mol. The van der Waals surface area contributed by atoms with Crippen molar-refractivity contribution in [3.8, 4) is 0 Å². The van der Waals surface area contributed by atoms with Crippen molar-refractivity contribution in [2.45, 2.75) is 38.3 Å². The Morgan fingerprint density at radius 1 is 1.08 bits per heavy atom. The van der Waals surface area contributed by atoms with Crippen molar-refractivity contribution in [2.75, 3.05) is 19.6 Å². The Kier molecular flexibility index (Phi) is 5.83. The number of rotatable bonds is 6. The Balaban J connectivity index is 1.47. The number of fused-ring (bicyclic) bond motifs is 1. The summed E-state index contributed by atoms with van der Waals surface area (Å²) in [4.78, 5) is 14.2. The monoisotopic (exact) mass is 325 g/mol. The van der Waals surface area contributed by atoms with E-state index in [4.69, 9.17) is 5.73 Å². The Hall–Kier alpha value is -1.91. The molecule has 1 aliphatic rings. The average Bonchev–Trinajstić information content (AvgIpc) is 2.65. The number of likely N-dealkylation sites (tertiary alicyclic amines) is 1. The Morgan fingerprint density at radius 2 is 1.83 bits per heavy atom. The third kappa shape index (κ3) is 4.13. The van der Waals surface area contributed by atoms with Gasteiger partial charge in [0, 0.05) is 19.6 Å². The standard InChI is InChI=1S/C20H27N3O/c21-19(20(24)23-13-4-1-5-14-23)11-12-22-15-17-9-6-8-16-7-2-3-10-18(16)17/h2-3,6-10,19,22H,1,4-5,11-15,21H2/t19-/m0/s1. The molecule has 1 atom stereocenters. The van der Waals surface area contributed by atoms with E-state index in [1.54, 1.807) is 0 Å². The number of hydrogen-bond donors (Lipinski definition) is 2. The first-order valence-corrected chi connectivity index (χ1v) is 8.97. The number of piperidine rings is 1. The summed E-state index contributed by atoms with van der Waals surface area (Å²) in [6, 6.07) is 14.4. The van der Waals surface area contributed by atoms with Gasteiger partial charge in [-0.1, -0.05) is 42.5 Å². The van der Waals surface area contributed by atoms with E-state index in [0.717, 1.165) is 39.0 Å². The molecule has 1 fully saturated rings. The Labute approximate surface area is 144 Å². The zero-order valence-electron chi connectivity index (χ0n) is 14.2. The molecule has 128 valence electrons. The van der Waals surface area contributed by atoms with Crippen LogP contribution < -0.4 is 11.1 Å². The van der Waals surface area contributed by atoms with Crippen molar-refractivity contribution < 1.29 is 4.79 Å². The van der Waals surface area contributed by atoms with Crippen LogP contribution in [0, 0.1) is 0 Å². The van der Waals surface area contributed by atoms with Crippen LogP contribution in [0.1, 0.15) is 31.2 Å². The first-order valence-electron chi connectivity index (χ1n) is 8.97. The fourth-order valence-electron chi connectivity index (χ4n) is 3.40. The van der Waals surface area contributed by atoms with Gasteiger partial charge in [-0.15, -0.1) is 0 Å². The van der Waals surface area contributed by atoms with Crippen LogP contribution in [0.2, 0.25) is 0 Å². The summed E-state index contributed by atoms with van der Waals surface area (Å²) >= 11 is 0. The van der Waals surface area contributed by atoms with E-state index >= 15 is 0 Å².